The summed E-state index contributed by atoms with van der Waals surface area (Å²) in [5.74, 6) is -1.77. The van der Waals surface area contributed by atoms with Gasteiger partial charge in [0.15, 0.2) is 0 Å². The van der Waals surface area contributed by atoms with Crippen LogP contribution in [0, 0.1) is 0 Å². The summed E-state index contributed by atoms with van der Waals surface area (Å²) in [6.45, 7) is 3.91. The lowest BCUT2D eigenvalue weighted by molar-refractivity contribution is -0.154. The Morgan fingerprint density at radius 2 is 0.920 bits per heavy atom. The van der Waals surface area contributed by atoms with Crippen molar-refractivity contribution in [2.45, 2.75) is 212 Å². The van der Waals surface area contributed by atoms with Crippen molar-refractivity contribution in [2.24, 2.45) is 5.73 Å². The molecule has 0 spiro atoms. The number of carbonyl (C=O) groups excluding carboxylic acids is 1. The van der Waals surface area contributed by atoms with Gasteiger partial charge in [0.25, 0.3) is 0 Å². The van der Waals surface area contributed by atoms with Crippen molar-refractivity contribution < 1.29 is 42.7 Å². The molecule has 0 bridgehead atoms. The van der Waals surface area contributed by atoms with E-state index in [1.54, 1.807) is 0 Å². The molecule has 3 unspecified atom stereocenters. The van der Waals surface area contributed by atoms with Gasteiger partial charge >= 0.3 is 19.8 Å². The highest BCUT2D eigenvalue weighted by molar-refractivity contribution is 7.47. The number of rotatable bonds is 40. The van der Waals surface area contributed by atoms with Crippen LogP contribution in [0.15, 0.2) is 0 Å². The average molecular weight is 736 g/mol. The van der Waals surface area contributed by atoms with Crippen molar-refractivity contribution >= 4 is 19.8 Å². The van der Waals surface area contributed by atoms with Crippen molar-refractivity contribution in [3.05, 3.63) is 0 Å². The largest absolute Gasteiger partial charge is 0.480 e. The number of aliphatic carboxylic acids is 1. The van der Waals surface area contributed by atoms with Crippen molar-refractivity contribution in [3.63, 3.8) is 0 Å². The summed E-state index contributed by atoms with van der Waals surface area (Å²) in [5.41, 5.74) is 5.34. The number of nitrogens with two attached hydrogens (primary N) is 1. The van der Waals surface area contributed by atoms with Gasteiger partial charge in [-0.15, -0.1) is 0 Å². The van der Waals surface area contributed by atoms with Crippen LogP contribution in [0.3, 0.4) is 0 Å². The summed E-state index contributed by atoms with van der Waals surface area (Å²) < 4.78 is 33.3. The molecule has 0 heterocycles. The predicted molar refractivity (Wildman–Crippen MR) is 203 cm³/mol. The van der Waals surface area contributed by atoms with E-state index in [0.717, 1.165) is 38.5 Å². The Morgan fingerprint density at radius 3 is 1.32 bits per heavy atom. The maximum Gasteiger partial charge on any atom is 0.472 e. The molecule has 0 fully saturated rings. The van der Waals surface area contributed by atoms with Crippen LogP contribution in [0.1, 0.15) is 200 Å². The van der Waals surface area contributed by atoms with Gasteiger partial charge in [-0.1, -0.05) is 181 Å². The average Bonchev–Trinajstić information content (AvgIpc) is 3.09. The van der Waals surface area contributed by atoms with Crippen molar-refractivity contribution in [1.29, 1.82) is 0 Å². The lowest BCUT2D eigenvalue weighted by atomic mass is 10.0. The lowest BCUT2D eigenvalue weighted by Gasteiger charge is -2.20. The minimum absolute atomic E-state index is 0.0252. The van der Waals surface area contributed by atoms with E-state index in [4.69, 9.17) is 29.4 Å². The van der Waals surface area contributed by atoms with Gasteiger partial charge in [0, 0.05) is 13.0 Å². The summed E-state index contributed by atoms with van der Waals surface area (Å²) in [6.07, 6.45) is 34.3. The minimum Gasteiger partial charge on any atom is -0.480 e. The molecule has 0 amide bonds. The Labute approximate surface area is 306 Å². The highest BCUT2D eigenvalue weighted by atomic mass is 31.2. The zero-order chi connectivity index (χ0) is 37.0. The molecular weight excluding hydrogens is 657 g/mol. The van der Waals surface area contributed by atoms with Crippen molar-refractivity contribution in [1.82, 2.24) is 0 Å². The molecule has 0 aliphatic heterocycles. The summed E-state index contributed by atoms with van der Waals surface area (Å²) in [6, 6.07) is -1.47. The number of carbonyl (C=O) groups is 2. The molecule has 0 radical (unpaired) electrons. The van der Waals surface area contributed by atoms with Crippen molar-refractivity contribution in [2.75, 3.05) is 26.4 Å². The molecule has 0 saturated carbocycles. The van der Waals surface area contributed by atoms with Gasteiger partial charge in [0.05, 0.1) is 19.8 Å². The molecule has 0 saturated heterocycles. The van der Waals surface area contributed by atoms with Gasteiger partial charge in [0.2, 0.25) is 0 Å². The molecule has 0 rings (SSSR count). The Morgan fingerprint density at radius 1 is 0.560 bits per heavy atom. The van der Waals surface area contributed by atoms with Crippen LogP contribution in [0.4, 0.5) is 0 Å². The predicted octanol–water partition coefficient (Wildman–Crippen LogP) is 10.8. The molecule has 10 nitrogen and oxygen atoms in total. The molecule has 0 aliphatic carbocycles. The van der Waals surface area contributed by atoms with E-state index in [-0.39, 0.29) is 13.0 Å². The van der Waals surface area contributed by atoms with Gasteiger partial charge in [-0.2, -0.15) is 0 Å². The first-order valence-electron chi connectivity index (χ1n) is 20.6. The number of esters is 1. The maximum absolute atomic E-state index is 12.6. The van der Waals surface area contributed by atoms with Gasteiger partial charge in [0.1, 0.15) is 12.1 Å². The summed E-state index contributed by atoms with van der Waals surface area (Å²) in [5, 5.41) is 8.87. The number of phosphoric acid groups is 1. The highest BCUT2D eigenvalue weighted by Crippen LogP contribution is 2.43. The first kappa shape index (κ1) is 49.0. The van der Waals surface area contributed by atoms with E-state index in [9.17, 15) is 19.0 Å². The van der Waals surface area contributed by atoms with Crippen LogP contribution in [-0.2, 0) is 32.7 Å². The van der Waals surface area contributed by atoms with E-state index in [1.807, 2.05) is 0 Å². The standard InChI is InChI=1S/C39H78NO9P/c1-3-5-7-9-11-13-15-17-18-19-20-21-23-25-27-29-31-38(41)49-36(34-47-50(44,45)48-35-37(40)39(42)43)33-46-32-30-28-26-24-22-16-14-12-10-8-6-4-2/h36-37H,3-35,40H2,1-2H3,(H,42,43)(H,44,45). The molecule has 0 aromatic carbocycles. The zero-order valence-corrected chi connectivity index (χ0v) is 33.2. The second-order valence-corrected chi connectivity index (χ2v) is 15.6. The first-order valence-corrected chi connectivity index (χ1v) is 22.1. The zero-order valence-electron chi connectivity index (χ0n) is 32.3. The molecule has 3 atom stereocenters. The fourth-order valence-corrected chi connectivity index (χ4v) is 6.68. The van der Waals surface area contributed by atoms with E-state index in [0.29, 0.717) is 6.61 Å². The quantitative estimate of drug-likeness (QED) is 0.0314. The van der Waals surface area contributed by atoms with E-state index < -0.39 is 45.1 Å². The van der Waals surface area contributed by atoms with Crippen molar-refractivity contribution in [3.8, 4) is 0 Å². The molecule has 4 N–H and O–H groups in total. The third-order valence-electron chi connectivity index (χ3n) is 9.14. The summed E-state index contributed by atoms with van der Waals surface area (Å²) in [7, 11) is -4.60. The van der Waals surface area contributed by atoms with Crippen LogP contribution in [0.5, 0.6) is 0 Å². The first-order chi connectivity index (χ1) is 24.2. The monoisotopic (exact) mass is 736 g/mol. The van der Waals surface area contributed by atoms with E-state index >= 15 is 0 Å². The highest BCUT2D eigenvalue weighted by Gasteiger charge is 2.27. The molecule has 298 valence electrons. The van der Waals surface area contributed by atoms with Gasteiger partial charge in [-0.3, -0.25) is 18.6 Å². The van der Waals surface area contributed by atoms with Gasteiger partial charge < -0.3 is 25.2 Å². The third kappa shape index (κ3) is 35.4. The van der Waals surface area contributed by atoms with E-state index in [1.165, 1.54) is 141 Å². The van der Waals surface area contributed by atoms with Crippen LogP contribution >= 0.6 is 7.82 Å². The second kappa shape index (κ2) is 36.3. The fraction of sp³-hybridized carbons (Fsp3) is 0.949. The Balaban J connectivity index is 4.21. The molecular formula is C39H78NO9P. The number of hydrogen-bond acceptors (Lipinski definition) is 8. The smallest absolute Gasteiger partial charge is 0.472 e. The Kier molecular flexibility index (Phi) is 35.6. The Hall–Kier alpha value is -1.03. The van der Waals surface area contributed by atoms with Crippen LogP contribution in [-0.4, -0.2) is 60.5 Å². The number of hydrogen-bond donors (Lipinski definition) is 3. The maximum atomic E-state index is 12.6. The fourth-order valence-electron chi connectivity index (χ4n) is 5.90. The van der Waals surface area contributed by atoms with Gasteiger partial charge in [-0.05, 0) is 12.8 Å². The molecule has 0 aliphatic rings. The normalized spacial score (nSPS) is 14.0. The number of carboxylic acids is 1. The topological polar surface area (TPSA) is 155 Å². The van der Waals surface area contributed by atoms with Gasteiger partial charge in [-0.25, -0.2) is 4.57 Å². The third-order valence-corrected chi connectivity index (χ3v) is 10.1. The lowest BCUT2D eigenvalue weighted by Crippen LogP contribution is -2.34. The Bertz CT molecular complexity index is 816. The molecule has 50 heavy (non-hydrogen) atoms. The summed E-state index contributed by atoms with van der Waals surface area (Å²) in [4.78, 5) is 33.4. The summed E-state index contributed by atoms with van der Waals surface area (Å²) >= 11 is 0. The van der Waals surface area contributed by atoms with Crippen LogP contribution in [0.2, 0.25) is 0 Å². The number of ether oxygens (including phenoxy) is 2. The number of phosphoric ester groups is 1. The van der Waals surface area contributed by atoms with Crippen LogP contribution in [0.25, 0.3) is 0 Å². The second-order valence-electron chi connectivity index (χ2n) is 14.1. The minimum atomic E-state index is -4.60. The number of unbranched alkanes of at least 4 members (excludes halogenated alkanes) is 26. The number of carboxylic acid groups (broad SMARTS) is 1. The van der Waals surface area contributed by atoms with E-state index in [2.05, 4.69) is 13.8 Å². The molecule has 0 aromatic rings. The molecule has 0 aromatic heterocycles. The SMILES string of the molecule is CCCCCCCCCCCCCCCCCCC(=O)OC(COCCCCCCCCCCCCCC)COP(=O)(O)OCC(N)C(=O)O. The molecule has 11 heteroatoms. The van der Waals surface area contributed by atoms with Crippen LogP contribution < -0.4 is 5.73 Å².